The van der Waals surface area contributed by atoms with E-state index in [1.54, 1.807) is 38.2 Å². The molecule has 0 aliphatic carbocycles. The van der Waals surface area contributed by atoms with Crippen molar-refractivity contribution in [2.24, 2.45) is 0 Å². The summed E-state index contributed by atoms with van der Waals surface area (Å²) in [5.41, 5.74) is 0.114. The molecule has 1 aliphatic heterocycles. The molecule has 1 aliphatic rings. The first-order chi connectivity index (χ1) is 13.7. The van der Waals surface area contributed by atoms with Gasteiger partial charge in [0, 0.05) is 13.5 Å². The van der Waals surface area contributed by atoms with Crippen LogP contribution in [-0.2, 0) is 17.4 Å². The van der Waals surface area contributed by atoms with Crippen LogP contribution in [0.3, 0.4) is 0 Å². The van der Waals surface area contributed by atoms with Gasteiger partial charge >= 0.3 is 6.18 Å². The van der Waals surface area contributed by atoms with E-state index in [1.807, 2.05) is 0 Å². The summed E-state index contributed by atoms with van der Waals surface area (Å²) in [6.07, 6.45) is -4.16. The Labute approximate surface area is 164 Å². The summed E-state index contributed by atoms with van der Waals surface area (Å²) >= 11 is 0. The predicted octanol–water partition coefficient (Wildman–Crippen LogP) is 3.73. The summed E-state index contributed by atoms with van der Waals surface area (Å²) in [4.78, 5) is 31.9. The van der Waals surface area contributed by atoms with E-state index in [-0.39, 0.29) is 17.9 Å². The number of hydrogen-bond donors (Lipinski definition) is 0. The number of halogens is 3. The van der Waals surface area contributed by atoms with Crippen LogP contribution in [0.25, 0.3) is 10.9 Å². The van der Waals surface area contributed by atoms with Crippen LogP contribution in [0.1, 0.15) is 36.0 Å². The molecule has 0 unspecified atom stereocenters. The molecule has 2 aromatic carbocycles. The number of benzene rings is 2. The van der Waals surface area contributed by atoms with E-state index in [2.05, 4.69) is 4.98 Å². The van der Waals surface area contributed by atoms with Crippen molar-refractivity contribution in [3.05, 3.63) is 75.8 Å². The molecule has 0 N–H and O–H groups in total. The Hall–Kier alpha value is -3.16. The molecule has 8 heteroatoms. The van der Waals surface area contributed by atoms with Gasteiger partial charge < -0.3 is 4.90 Å². The first-order valence-electron chi connectivity index (χ1n) is 9.12. The molecule has 3 aromatic rings. The largest absolute Gasteiger partial charge is 0.416 e. The van der Waals surface area contributed by atoms with Crippen LogP contribution >= 0.6 is 0 Å². The summed E-state index contributed by atoms with van der Waals surface area (Å²) < 4.78 is 39.9. The molecular formula is C21H18F3N3O2. The maximum atomic E-state index is 13.0. The second kappa shape index (κ2) is 6.72. The van der Waals surface area contributed by atoms with Crippen molar-refractivity contribution in [1.82, 2.24) is 14.5 Å². The lowest BCUT2D eigenvalue weighted by Gasteiger charge is -2.37. The minimum atomic E-state index is -4.41. The molecule has 2 atom stereocenters. The van der Waals surface area contributed by atoms with Crippen LogP contribution in [0.2, 0.25) is 0 Å². The predicted molar refractivity (Wildman–Crippen MR) is 101 cm³/mol. The number of carbonyl (C=O) groups excluding carboxylic acids is 1. The van der Waals surface area contributed by atoms with E-state index >= 15 is 0 Å². The zero-order chi connectivity index (χ0) is 20.9. The Balaban J connectivity index is 1.81. The number of amides is 1. The number of nitrogens with zero attached hydrogens (tertiary/aromatic N) is 3. The van der Waals surface area contributed by atoms with Crippen molar-refractivity contribution in [1.29, 1.82) is 0 Å². The van der Waals surface area contributed by atoms with Gasteiger partial charge in [-0.15, -0.1) is 0 Å². The van der Waals surface area contributed by atoms with Crippen molar-refractivity contribution in [3.63, 3.8) is 0 Å². The number of carbonyl (C=O) groups is 1. The molecule has 1 amide bonds. The summed E-state index contributed by atoms with van der Waals surface area (Å²) in [5.74, 6) is 0.191. The molecule has 5 nitrogen and oxygen atoms in total. The van der Waals surface area contributed by atoms with Gasteiger partial charge in [-0.25, -0.2) is 4.98 Å². The number of rotatable bonds is 2. The van der Waals surface area contributed by atoms with Gasteiger partial charge in [-0.1, -0.05) is 24.3 Å². The van der Waals surface area contributed by atoms with Crippen molar-refractivity contribution < 1.29 is 18.0 Å². The minimum absolute atomic E-state index is 0.242. The lowest BCUT2D eigenvalue weighted by molar-refractivity contribution is -0.138. The maximum Gasteiger partial charge on any atom is 0.416 e. The third kappa shape index (κ3) is 3.18. The maximum absolute atomic E-state index is 13.0. The Kier molecular flexibility index (Phi) is 4.44. The average molecular weight is 401 g/mol. The zero-order valence-electron chi connectivity index (χ0n) is 15.8. The molecule has 0 saturated heterocycles. The minimum Gasteiger partial charge on any atom is -0.333 e. The van der Waals surface area contributed by atoms with Crippen LogP contribution in [-0.4, -0.2) is 27.4 Å². The highest BCUT2D eigenvalue weighted by atomic mass is 19.4. The Bertz CT molecular complexity index is 1150. The standard InChI is InChI=1S/C21H18F3N3O2/c1-12-19(28)26(2)17(11-13-7-9-14(10-8-13)21(22,23)24)18-25-16-6-4-3-5-15(16)20(29)27(12)18/h3-10,12,17H,11H2,1-2H3/t12-,17-/m0/s1. The molecular weight excluding hydrogens is 383 g/mol. The Morgan fingerprint density at radius 2 is 1.69 bits per heavy atom. The van der Waals surface area contributed by atoms with Gasteiger partial charge in [-0.2, -0.15) is 13.2 Å². The molecule has 0 saturated carbocycles. The van der Waals surface area contributed by atoms with Crippen LogP contribution in [0.5, 0.6) is 0 Å². The van der Waals surface area contributed by atoms with E-state index in [9.17, 15) is 22.8 Å². The molecule has 0 bridgehead atoms. The van der Waals surface area contributed by atoms with Gasteiger partial charge in [-0.3, -0.25) is 14.2 Å². The fourth-order valence-electron chi connectivity index (χ4n) is 3.79. The fourth-order valence-corrected chi connectivity index (χ4v) is 3.79. The number of para-hydroxylation sites is 1. The number of aromatic nitrogens is 2. The smallest absolute Gasteiger partial charge is 0.333 e. The molecule has 150 valence electrons. The van der Waals surface area contributed by atoms with Gasteiger partial charge in [0.1, 0.15) is 11.9 Å². The lowest BCUT2D eigenvalue weighted by Crippen LogP contribution is -2.48. The second-order valence-electron chi connectivity index (χ2n) is 7.20. The molecule has 0 radical (unpaired) electrons. The van der Waals surface area contributed by atoms with Crippen LogP contribution < -0.4 is 5.56 Å². The molecule has 29 heavy (non-hydrogen) atoms. The Morgan fingerprint density at radius 1 is 1.03 bits per heavy atom. The SMILES string of the molecule is C[C@H]1C(=O)N(C)[C@@H](Cc2ccc(C(F)(F)F)cc2)c2nc3ccccc3c(=O)n21. The van der Waals surface area contributed by atoms with Crippen LogP contribution in [0, 0.1) is 0 Å². The number of alkyl halides is 3. The first kappa shape index (κ1) is 19.2. The quantitative estimate of drug-likeness (QED) is 0.658. The zero-order valence-corrected chi connectivity index (χ0v) is 15.8. The van der Waals surface area contributed by atoms with Crippen LogP contribution in [0.15, 0.2) is 53.3 Å². The van der Waals surface area contributed by atoms with Gasteiger partial charge in [0.25, 0.3) is 5.56 Å². The number of likely N-dealkylation sites (N-methyl/N-ethyl adjacent to an activating group) is 1. The highest BCUT2D eigenvalue weighted by Gasteiger charge is 2.37. The third-order valence-electron chi connectivity index (χ3n) is 5.40. The summed E-state index contributed by atoms with van der Waals surface area (Å²) in [7, 11) is 1.62. The number of hydrogen-bond acceptors (Lipinski definition) is 3. The summed E-state index contributed by atoms with van der Waals surface area (Å²) in [6, 6.07) is 10.5. The van der Waals surface area contributed by atoms with Gasteiger partial charge in [-0.05, 0) is 36.8 Å². The van der Waals surface area contributed by atoms with Gasteiger partial charge in [0.2, 0.25) is 5.91 Å². The van der Waals surface area contributed by atoms with Crippen molar-refractivity contribution in [3.8, 4) is 0 Å². The van der Waals surface area contributed by atoms with E-state index in [0.717, 1.165) is 12.1 Å². The van der Waals surface area contributed by atoms with Crippen molar-refractivity contribution >= 4 is 16.8 Å². The van der Waals surface area contributed by atoms with Crippen molar-refractivity contribution in [2.45, 2.75) is 31.6 Å². The highest BCUT2D eigenvalue weighted by Crippen LogP contribution is 2.33. The van der Waals surface area contributed by atoms with E-state index in [4.69, 9.17) is 0 Å². The molecule has 1 aromatic heterocycles. The monoisotopic (exact) mass is 401 g/mol. The van der Waals surface area contributed by atoms with E-state index in [1.165, 1.54) is 21.6 Å². The number of fused-ring (bicyclic) bond motifs is 2. The molecule has 0 fully saturated rings. The van der Waals surface area contributed by atoms with Crippen molar-refractivity contribution in [2.75, 3.05) is 7.05 Å². The fraction of sp³-hybridized carbons (Fsp3) is 0.286. The lowest BCUT2D eigenvalue weighted by atomic mass is 9.99. The average Bonchev–Trinajstić information content (AvgIpc) is 2.69. The van der Waals surface area contributed by atoms with Gasteiger partial charge in [0.15, 0.2) is 0 Å². The molecule has 2 heterocycles. The highest BCUT2D eigenvalue weighted by molar-refractivity contribution is 5.83. The van der Waals surface area contributed by atoms with E-state index < -0.39 is 23.8 Å². The Morgan fingerprint density at radius 3 is 2.34 bits per heavy atom. The molecule has 0 spiro atoms. The second-order valence-corrected chi connectivity index (χ2v) is 7.20. The van der Waals surface area contributed by atoms with Gasteiger partial charge in [0.05, 0.1) is 22.5 Å². The summed E-state index contributed by atoms with van der Waals surface area (Å²) in [6.45, 7) is 1.65. The summed E-state index contributed by atoms with van der Waals surface area (Å²) in [5, 5.41) is 0.425. The molecule has 4 rings (SSSR count). The first-order valence-corrected chi connectivity index (χ1v) is 9.12. The normalized spacial score (nSPS) is 19.5. The van der Waals surface area contributed by atoms with E-state index in [0.29, 0.717) is 22.3 Å². The topological polar surface area (TPSA) is 55.2 Å². The third-order valence-corrected chi connectivity index (χ3v) is 5.40. The van der Waals surface area contributed by atoms with Crippen LogP contribution in [0.4, 0.5) is 13.2 Å².